The second kappa shape index (κ2) is 7.41. The molecule has 1 unspecified atom stereocenters. The molecular formula is C18H28FN3O. The van der Waals surface area contributed by atoms with E-state index in [1.165, 1.54) is 12.1 Å². The lowest BCUT2D eigenvalue weighted by Crippen LogP contribution is -2.49. The molecule has 1 aromatic carbocycles. The van der Waals surface area contributed by atoms with Gasteiger partial charge in [0.2, 0.25) is 5.91 Å². The Bertz CT molecular complexity index is 516. The molecule has 1 aliphatic rings. The van der Waals surface area contributed by atoms with Crippen LogP contribution in [0.25, 0.3) is 0 Å². The van der Waals surface area contributed by atoms with Crippen LogP contribution < -0.4 is 5.32 Å². The van der Waals surface area contributed by atoms with Crippen LogP contribution in [0, 0.1) is 11.2 Å². The Labute approximate surface area is 138 Å². The van der Waals surface area contributed by atoms with Crippen molar-refractivity contribution in [3.8, 4) is 0 Å². The summed E-state index contributed by atoms with van der Waals surface area (Å²) in [7, 11) is 2.12. The quantitative estimate of drug-likeness (QED) is 0.924. The summed E-state index contributed by atoms with van der Waals surface area (Å²) in [6.07, 6.45) is 0. The standard InChI is InChI=1S/C18H28FN3O/c1-18(2,3)17(23)20-13-16(14-5-7-15(19)8-6-14)22-11-9-21(4)10-12-22/h5-8,16H,9-13H2,1-4H3,(H,20,23). The number of nitrogens with zero attached hydrogens (tertiary/aromatic N) is 2. The molecule has 0 aliphatic carbocycles. The van der Waals surface area contributed by atoms with E-state index in [0.717, 1.165) is 31.7 Å². The number of hydrogen-bond donors (Lipinski definition) is 1. The fourth-order valence-corrected chi connectivity index (χ4v) is 2.73. The van der Waals surface area contributed by atoms with E-state index in [1.807, 2.05) is 32.9 Å². The smallest absolute Gasteiger partial charge is 0.225 e. The summed E-state index contributed by atoms with van der Waals surface area (Å²) in [5.74, 6) is -0.191. The highest BCUT2D eigenvalue weighted by molar-refractivity contribution is 5.81. The largest absolute Gasteiger partial charge is 0.354 e. The van der Waals surface area contributed by atoms with Gasteiger partial charge < -0.3 is 10.2 Å². The van der Waals surface area contributed by atoms with Gasteiger partial charge in [-0.2, -0.15) is 0 Å². The van der Waals surface area contributed by atoms with Crippen molar-refractivity contribution in [3.05, 3.63) is 35.6 Å². The number of nitrogens with one attached hydrogen (secondary N) is 1. The maximum absolute atomic E-state index is 13.2. The average Bonchev–Trinajstić information content (AvgIpc) is 2.49. The average molecular weight is 321 g/mol. The second-order valence-electron chi connectivity index (χ2n) is 7.37. The molecule has 1 amide bonds. The van der Waals surface area contributed by atoms with Gasteiger partial charge >= 0.3 is 0 Å². The fraction of sp³-hybridized carbons (Fsp3) is 0.611. The number of piperazine rings is 1. The third-order valence-electron chi connectivity index (χ3n) is 4.37. The van der Waals surface area contributed by atoms with Gasteiger partial charge in [-0.25, -0.2) is 4.39 Å². The van der Waals surface area contributed by atoms with E-state index < -0.39 is 5.41 Å². The van der Waals surface area contributed by atoms with Gasteiger partial charge in [0.05, 0.1) is 6.04 Å². The Hall–Kier alpha value is -1.46. The topological polar surface area (TPSA) is 35.6 Å². The van der Waals surface area contributed by atoms with Crippen molar-refractivity contribution >= 4 is 5.91 Å². The van der Waals surface area contributed by atoms with Gasteiger partial charge in [0.25, 0.3) is 0 Å². The van der Waals surface area contributed by atoms with E-state index in [4.69, 9.17) is 0 Å². The Morgan fingerprint density at radius 3 is 2.26 bits per heavy atom. The Morgan fingerprint density at radius 1 is 1.17 bits per heavy atom. The number of amides is 1. The first-order chi connectivity index (χ1) is 10.8. The van der Waals surface area contributed by atoms with Crippen molar-refractivity contribution in [2.45, 2.75) is 26.8 Å². The number of likely N-dealkylation sites (N-methyl/N-ethyl adjacent to an activating group) is 1. The third-order valence-corrected chi connectivity index (χ3v) is 4.37. The first kappa shape index (κ1) is 17.9. The van der Waals surface area contributed by atoms with Gasteiger partial charge in [-0.15, -0.1) is 0 Å². The Balaban J connectivity index is 2.11. The predicted octanol–water partition coefficient (Wildman–Crippen LogP) is 2.28. The number of carbonyl (C=O) groups is 1. The van der Waals surface area contributed by atoms with Gasteiger partial charge in [0.15, 0.2) is 0 Å². The second-order valence-corrected chi connectivity index (χ2v) is 7.37. The molecule has 1 aromatic rings. The van der Waals surface area contributed by atoms with Gasteiger partial charge in [-0.05, 0) is 24.7 Å². The van der Waals surface area contributed by atoms with Crippen molar-refractivity contribution in [2.75, 3.05) is 39.8 Å². The minimum absolute atomic E-state index is 0.0405. The molecule has 0 radical (unpaired) electrons. The first-order valence-electron chi connectivity index (χ1n) is 8.24. The number of carbonyl (C=O) groups excluding carboxylic acids is 1. The zero-order valence-corrected chi connectivity index (χ0v) is 14.6. The molecule has 1 aliphatic heterocycles. The number of hydrogen-bond acceptors (Lipinski definition) is 3. The van der Waals surface area contributed by atoms with Crippen LogP contribution in [0.2, 0.25) is 0 Å². The van der Waals surface area contributed by atoms with Crippen molar-refractivity contribution in [1.29, 1.82) is 0 Å². The molecule has 128 valence electrons. The third kappa shape index (κ3) is 5.01. The zero-order chi connectivity index (χ0) is 17.0. The number of rotatable bonds is 4. The van der Waals surface area contributed by atoms with E-state index in [9.17, 15) is 9.18 Å². The van der Waals surface area contributed by atoms with Crippen LogP contribution in [-0.2, 0) is 4.79 Å². The van der Waals surface area contributed by atoms with Crippen LogP contribution in [0.1, 0.15) is 32.4 Å². The summed E-state index contributed by atoms with van der Waals surface area (Å²) in [6.45, 7) is 10.2. The van der Waals surface area contributed by atoms with Crippen LogP contribution in [0.15, 0.2) is 24.3 Å². The van der Waals surface area contributed by atoms with Crippen LogP contribution in [0.4, 0.5) is 4.39 Å². The van der Waals surface area contributed by atoms with E-state index in [-0.39, 0.29) is 17.8 Å². The molecule has 0 spiro atoms. The highest BCUT2D eigenvalue weighted by Gasteiger charge is 2.27. The molecule has 1 N–H and O–H groups in total. The van der Waals surface area contributed by atoms with E-state index in [1.54, 1.807) is 0 Å². The molecule has 2 rings (SSSR count). The minimum atomic E-state index is -0.407. The van der Waals surface area contributed by atoms with Gasteiger partial charge in [-0.1, -0.05) is 32.9 Å². The Morgan fingerprint density at radius 2 is 1.74 bits per heavy atom. The summed E-state index contributed by atoms with van der Waals surface area (Å²) >= 11 is 0. The minimum Gasteiger partial charge on any atom is -0.354 e. The molecule has 1 fully saturated rings. The van der Waals surface area contributed by atoms with Crippen LogP contribution in [0.5, 0.6) is 0 Å². The maximum atomic E-state index is 13.2. The molecule has 1 heterocycles. The predicted molar refractivity (Wildman–Crippen MR) is 90.7 cm³/mol. The molecule has 1 atom stereocenters. The van der Waals surface area contributed by atoms with Crippen LogP contribution >= 0.6 is 0 Å². The summed E-state index contributed by atoms with van der Waals surface area (Å²) in [5.41, 5.74) is 0.639. The maximum Gasteiger partial charge on any atom is 0.225 e. The van der Waals surface area contributed by atoms with Gasteiger partial charge in [0, 0.05) is 38.1 Å². The summed E-state index contributed by atoms with van der Waals surface area (Å²) < 4.78 is 13.2. The number of halogens is 1. The molecular weight excluding hydrogens is 293 g/mol. The molecule has 5 heteroatoms. The summed E-state index contributed by atoms with van der Waals surface area (Å²) in [4.78, 5) is 16.9. The number of benzene rings is 1. The van der Waals surface area contributed by atoms with Crippen molar-refractivity contribution in [2.24, 2.45) is 5.41 Å². The molecule has 0 aromatic heterocycles. The van der Waals surface area contributed by atoms with Crippen molar-refractivity contribution in [1.82, 2.24) is 15.1 Å². The lowest BCUT2D eigenvalue weighted by atomic mass is 9.95. The van der Waals surface area contributed by atoms with E-state index in [2.05, 4.69) is 22.2 Å². The van der Waals surface area contributed by atoms with E-state index in [0.29, 0.717) is 6.54 Å². The van der Waals surface area contributed by atoms with Gasteiger partial charge in [0.1, 0.15) is 5.82 Å². The fourth-order valence-electron chi connectivity index (χ4n) is 2.73. The Kier molecular flexibility index (Phi) is 5.76. The monoisotopic (exact) mass is 321 g/mol. The van der Waals surface area contributed by atoms with Crippen molar-refractivity contribution < 1.29 is 9.18 Å². The lowest BCUT2D eigenvalue weighted by Gasteiger charge is -2.38. The lowest BCUT2D eigenvalue weighted by molar-refractivity contribution is -0.128. The first-order valence-corrected chi connectivity index (χ1v) is 8.24. The molecule has 0 bridgehead atoms. The molecule has 23 heavy (non-hydrogen) atoms. The normalized spacial score (nSPS) is 18.7. The zero-order valence-electron chi connectivity index (χ0n) is 14.6. The summed E-state index contributed by atoms with van der Waals surface area (Å²) in [5, 5.41) is 3.06. The highest BCUT2D eigenvalue weighted by atomic mass is 19.1. The SMILES string of the molecule is CN1CCN(C(CNC(=O)C(C)(C)C)c2ccc(F)cc2)CC1. The van der Waals surface area contributed by atoms with E-state index >= 15 is 0 Å². The summed E-state index contributed by atoms with van der Waals surface area (Å²) in [6, 6.07) is 6.70. The van der Waals surface area contributed by atoms with Gasteiger partial charge in [-0.3, -0.25) is 9.69 Å². The van der Waals surface area contributed by atoms with Crippen molar-refractivity contribution in [3.63, 3.8) is 0 Å². The molecule has 4 nitrogen and oxygen atoms in total. The van der Waals surface area contributed by atoms with Crippen LogP contribution in [0.3, 0.4) is 0 Å². The molecule has 1 saturated heterocycles. The van der Waals surface area contributed by atoms with Crippen LogP contribution in [-0.4, -0.2) is 55.5 Å². The molecule has 0 saturated carbocycles. The highest BCUT2D eigenvalue weighted by Crippen LogP contribution is 2.23.